The zero-order chi connectivity index (χ0) is 19.6. The summed E-state index contributed by atoms with van der Waals surface area (Å²) >= 11 is 0. The van der Waals surface area contributed by atoms with E-state index in [1.807, 2.05) is 51.1 Å². The zero-order valence-electron chi connectivity index (χ0n) is 16.3. The lowest BCUT2D eigenvalue weighted by atomic mass is 10.1. The van der Waals surface area contributed by atoms with Gasteiger partial charge < -0.3 is 24.3 Å². The molecule has 0 unspecified atom stereocenters. The molecule has 0 spiro atoms. The van der Waals surface area contributed by atoms with E-state index in [-0.39, 0.29) is 18.6 Å². The van der Waals surface area contributed by atoms with Crippen LogP contribution in [0.1, 0.15) is 32.4 Å². The lowest BCUT2D eigenvalue weighted by molar-refractivity contribution is -0.123. The smallest absolute Gasteiger partial charge is 0.258 e. The topological polar surface area (TPSA) is 66.0 Å². The number of carbonyl (C=O) groups excluding carboxylic acids is 1. The van der Waals surface area contributed by atoms with Crippen LogP contribution in [0.4, 0.5) is 0 Å². The molecule has 0 aliphatic heterocycles. The van der Waals surface area contributed by atoms with E-state index in [4.69, 9.17) is 18.9 Å². The Labute approximate surface area is 160 Å². The van der Waals surface area contributed by atoms with Crippen molar-refractivity contribution in [2.45, 2.75) is 26.8 Å². The predicted molar refractivity (Wildman–Crippen MR) is 104 cm³/mol. The monoisotopic (exact) mass is 373 g/mol. The first-order chi connectivity index (χ1) is 13.1. The number of benzene rings is 2. The predicted octanol–water partition coefficient (Wildman–Crippen LogP) is 3.75. The van der Waals surface area contributed by atoms with Crippen molar-refractivity contribution in [3.05, 3.63) is 48.0 Å². The van der Waals surface area contributed by atoms with Gasteiger partial charge in [-0.2, -0.15) is 0 Å². The van der Waals surface area contributed by atoms with Gasteiger partial charge in [-0.3, -0.25) is 4.79 Å². The minimum Gasteiger partial charge on any atom is -0.493 e. The number of ether oxygens (including phenoxy) is 4. The van der Waals surface area contributed by atoms with Crippen molar-refractivity contribution in [3.63, 3.8) is 0 Å². The van der Waals surface area contributed by atoms with Gasteiger partial charge >= 0.3 is 0 Å². The molecular weight excluding hydrogens is 346 g/mol. The summed E-state index contributed by atoms with van der Waals surface area (Å²) in [7, 11) is 1.56. The van der Waals surface area contributed by atoms with Gasteiger partial charge in [-0.1, -0.05) is 18.2 Å². The van der Waals surface area contributed by atoms with Crippen LogP contribution in [0.2, 0.25) is 0 Å². The van der Waals surface area contributed by atoms with Crippen molar-refractivity contribution in [1.82, 2.24) is 5.32 Å². The number of nitrogens with one attached hydrogen (secondary N) is 1. The molecule has 27 heavy (non-hydrogen) atoms. The maximum atomic E-state index is 12.2. The van der Waals surface area contributed by atoms with Crippen molar-refractivity contribution < 1.29 is 23.7 Å². The molecule has 0 saturated carbocycles. The maximum absolute atomic E-state index is 12.2. The summed E-state index contributed by atoms with van der Waals surface area (Å²) in [4.78, 5) is 12.2. The number of rotatable bonds is 10. The van der Waals surface area contributed by atoms with Crippen LogP contribution in [-0.2, 0) is 4.79 Å². The minimum absolute atomic E-state index is 0.0972. The zero-order valence-corrected chi connectivity index (χ0v) is 16.3. The van der Waals surface area contributed by atoms with E-state index in [1.54, 1.807) is 19.2 Å². The van der Waals surface area contributed by atoms with Crippen molar-refractivity contribution in [1.29, 1.82) is 0 Å². The largest absolute Gasteiger partial charge is 0.493 e. The molecular formula is C21H27NO5. The number of para-hydroxylation sites is 2. The van der Waals surface area contributed by atoms with Crippen LogP contribution in [-0.4, -0.2) is 32.8 Å². The highest BCUT2D eigenvalue weighted by Crippen LogP contribution is 2.31. The third-order valence-corrected chi connectivity index (χ3v) is 3.87. The summed E-state index contributed by atoms with van der Waals surface area (Å²) < 4.78 is 22.0. The molecule has 2 aromatic rings. The van der Waals surface area contributed by atoms with Crippen LogP contribution in [0.15, 0.2) is 42.5 Å². The van der Waals surface area contributed by atoms with Crippen molar-refractivity contribution in [2.24, 2.45) is 0 Å². The summed E-state index contributed by atoms with van der Waals surface area (Å²) in [6.45, 7) is 6.76. The molecule has 2 rings (SSSR count). The van der Waals surface area contributed by atoms with Crippen LogP contribution in [0.3, 0.4) is 0 Å². The van der Waals surface area contributed by atoms with Gasteiger partial charge in [0.05, 0.1) is 26.4 Å². The summed E-state index contributed by atoms with van der Waals surface area (Å²) in [6, 6.07) is 12.7. The summed E-state index contributed by atoms with van der Waals surface area (Å²) in [5.74, 6) is 2.26. The average Bonchev–Trinajstić information content (AvgIpc) is 2.68. The highest BCUT2D eigenvalue weighted by Gasteiger charge is 2.14. The van der Waals surface area contributed by atoms with Crippen LogP contribution < -0.4 is 24.3 Å². The van der Waals surface area contributed by atoms with E-state index in [1.165, 1.54) is 0 Å². The summed E-state index contributed by atoms with van der Waals surface area (Å²) in [5.41, 5.74) is 0.924. The third-order valence-electron chi connectivity index (χ3n) is 3.87. The molecule has 1 N–H and O–H groups in total. The van der Waals surface area contributed by atoms with Gasteiger partial charge in [0, 0.05) is 0 Å². The summed E-state index contributed by atoms with van der Waals surface area (Å²) in [6.07, 6.45) is 0. The number of methoxy groups -OCH3 is 1. The second-order valence-corrected chi connectivity index (χ2v) is 5.80. The molecule has 146 valence electrons. The fourth-order valence-corrected chi connectivity index (χ4v) is 2.58. The van der Waals surface area contributed by atoms with Gasteiger partial charge in [-0.05, 0) is 50.6 Å². The average molecular weight is 373 g/mol. The Morgan fingerprint density at radius 1 is 0.926 bits per heavy atom. The maximum Gasteiger partial charge on any atom is 0.258 e. The Morgan fingerprint density at radius 2 is 1.56 bits per heavy atom. The first-order valence-corrected chi connectivity index (χ1v) is 9.03. The molecule has 0 bridgehead atoms. The molecule has 0 aliphatic carbocycles. The molecule has 0 radical (unpaired) electrons. The number of hydrogen-bond acceptors (Lipinski definition) is 5. The molecule has 1 atom stereocenters. The highest BCUT2D eigenvalue weighted by atomic mass is 16.5. The van der Waals surface area contributed by atoms with E-state index in [0.29, 0.717) is 36.2 Å². The molecule has 0 heterocycles. The van der Waals surface area contributed by atoms with E-state index in [2.05, 4.69) is 5.32 Å². The van der Waals surface area contributed by atoms with Crippen LogP contribution >= 0.6 is 0 Å². The van der Waals surface area contributed by atoms with E-state index in [9.17, 15) is 4.79 Å². The number of amides is 1. The van der Waals surface area contributed by atoms with Crippen LogP contribution in [0, 0.1) is 0 Å². The highest BCUT2D eigenvalue weighted by molar-refractivity contribution is 5.78. The van der Waals surface area contributed by atoms with Gasteiger partial charge in [-0.25, -0.2) is 0 Å². The Hall–Kier alpha value is -2.89. The van der Waals surface area contributed by atoms with Crippen molar-refractivity contribution >= 4 is 5.91 Å². The third kappa shape index (κ3) is 5.81. The normalized spacial score (nSPS) is 11.4. The Bertz CT molecular complexity index is 747. The quantitative estimate of drug-likeness (QED) is 0.687. The van der Waals surface area contributed by atoms with Gasteiger partial charge in [-0.15, -0.1) is 0 Å². The molecule has 0 aliphatic rings. The second-order valence-electron chi connectivity index (χ2n) is 5.80. The van der Waals surface area contributed by atoms with Crippen molar-refractivity contribution in [3.8, 4) is 23.0 Å². The second kappa shape index (κ2) is 10.3. The Morgan fingerprint density at radius 3 is 2.22 bits per heavy atom. The molecule has 2 aromatic carbocycles. The molecule has 6 heteroatoms. The SMILES string of the molecule is CCOc1ccc([C@@H](C)NC(=O)COc2ccccc2OC)cc1OCC. The molecule has 6 nitrogen and oxygen atoms in total. The lowest BCUT2D eigenvalue weighted by Gasteiger charge is -2.18. The molecule has 0 aromatic heterocycles. The fourth-order valence-electron chi connectivity index (χ4n) is 2.58. The number of hydrogen-bond donors (Lipinski definition) is 1. The standard InChI is InChI=1S/C21H27NO5/c1-5-25-19-12-11-16(13-20(19)26-6-2)15(3)22-21(23)14-27-18-10-8-7-9-17(18)24-4/h7-13,15H,5-6,14H2,1-4H3,(H,22,23)/t15-/m1/s1. The molecule has 0 fully saturated rings. The molecule has 1 amide bonds. The minimum atomic E-state index is -0.222. The lowest BCUT2D eigenvalue weighted by Crippen LogP contribution is -2.31. The Balaban J connectivity index is 1.98. The first-order valence-electron chi connectivity index (χ1n) is 9.03. The Kier molecular flexibility index (Phi) is 7.79. The van der Waals surface area contributed by atoms with Crippen LogP contribution in [0.5, 0.6) is 23.0 Å². The van der Waals surface area contributed by atoms with Crippen molar-refractivity contribution in [2.75, 3.05) is 26.9 Å². The van der Waals surface area contributed by atoms with E-state index >= 15 is 0 Å². The van der Waals surface area contributed by atoms with E-state index < -0.39 is 0 Å². The summed E-state index contributed by atoms with van der Waals surface area (Å²) in [5, 5.41) is 2.92. The van der Waals surface area contributed by atoms with Gasteiger partial charge in [0.1, 0.15) is 0 Å². The van der Waals surface area contributed by atoms with Gasteiger partial charge in [0.15, 0.2) is 29.6 Å². The molecule has 0 saturated heterocycles. The van der Waals surface area contributed by atoms with Crippen LogP contribution in [0.25, 0.3) is 0 Å². The fraction of sp³-hybridized carbons (Fsp3) is 0.381. The van der Waals surface area contributed by atoms with E-state index in [0.717, 1.165) is 5.56 Å². The van der Waals surface area contributed by atoms with Gasteiger partial charge in [0.2, 0.25) is 0 Å². The van der Waals surface area contributed by atoms with Gasteiger partial charge in [0.25, 0.3) is 5.91 Å². The first kappa shape index (κ1) is 20.4. The number of carbonyl (C=O) groups is 1.